The average Bonchev–Trinajstić information content (AvgIpc) is 2.47. The monoisotopic (exact) mass is 260 g/mol. The third-order valence-electron chi connectivity index (χ3n) is 3.29. The number of ether oxygens (including phenoxy) is 1. The molecule has 1 aliphatic carbocycles. The highest BCUT2D eigenvalue weighted by Crippen LogP contribution is 2.20. The van der Waals surface area contributed by atoms with Crippen LogP contribution >= 0.6 is 0 Å². The summed E-state index contributed by atoms with van der Waals surface area (Å²) >= 11 is 0. The van der Waals surface area contributed by atoms with Crippen LogP contribution in [0.3, 0.4) is 0 Å². The summed E-state index contributed by atoms with van der Waals surface area (Å²) in [5.41, 5.74) is 1.81. The highest BCUT2D eigenvalue weighted by atomic mass is 16.5. The number of amides is 1. The van der Waals surface area contributed by atoms with E-state index in [1.807, 2.05) is 24.3 Å². The fourth-order valence-corrected chi connectivity index (χ4v) is 2.14. The standard InChI is InChI=1S/C15H20N2O2/c1-19-15(18)17-14-9-7-13(8-10-14)16-11-12-5-3-2-4-6-12/h2-3,7-10,12,16H,4-6,11H2,1H3,(H,17,18). The second-order valence-electron chi connectivity index (χ2n) is 4.73. The van der Waals surface area contributed by atoms with Gasteiger partial charge in [0.1, 0.15) is 0 Å². The molecule has 102 valence electrons. The second kappa shape index (κ2) is 6.83. The highest BCUT2D eigenvalue weighted by molar-refractivity contribution is 5.84. The first-order chi connectivity index (χ1) is 9.28. The minimum atomic E-state index is -0.449. The van der Waals surface area contributed by atoms with Gasteiger partial charge in [0.2, 0.25) is 0 Å². The molecule has 1 aromatic carbocycles. The predicted molar refractivity (Wildman–Crippen MR) is 77.4 cm³/mol. The maximum Gasteiger partial charge on any atom is 0.411 e. The number of methoxy groups -OCH3 is 1. The third kappa shape index (κ3) is 4.32. The minimum absolute atomic E-state index is 0.449. The number of carbonyl (C=O) groups excluding carboxylic acids is 1. The first-order valence-electron chi connectivity index (χ1n) is 6.62. The van der Waals surface area contributed by atoms with E-state index < -0.39 is 6.09 Å². The molecule has 0 spiro atoms. The molecule has 0 fully saturated rings. The van der Waals surface area contributed by atoms with Gasteiger partial charge < -0.3 is 10.1 Å². The van der Waals surface area contributed by atoms with Gasteiger partial charge in [-0.05, 0) is 49.4 Å². The van der Waals surface area contributed by atoms with Crippen molar-refractivity contribution in [3.05, 3.63) is 36.4 Å². The zero-order valence-corrected chi connectivity index (χ0v) is 11.2. The van der Waals surface area contributed by atoms with E-state index in [-0.39, 0.29) is 0 Å². The van der Waals surface area contributed by atoms with Gasteiger partial charge in [0.05, 0.1) is 7.11 Å². The van der Waals surface area contributed by atoms with Crippen molar-refractivity contribution in [3.63, 3.8) is 0 Å². The number of anilines is 2. The predicted octanol–water partition coefficient (Wildman–Crippen LogP) is 3.63. The van der Waals surface area contributed by atoms with E-state index in [4.69, 9.17) is 0 Å². The molecular weight excluding hydrogens is 240 g/mol. The molecule has 0 heterocycles. The number of rotatable bonds is 4. The van der Waals surface area contributed by atoms with Crippen molar-refractivity contribution < 1.29 is 9.53 Å². The molecule has 1 unspecified atom stereocenters. The van der Waals surface area contributed by atoms with E-state index in [2.05, 4.69) is 27.5 Å². The lowest BCUT2D eigenvalue weighted by molar-refractivity contribution is 0.187. The topological polar surface area (TPSA) is 50.4 Å². The molecular formula is C15H20N2O2. The molecule has 19 heavy (non-hydrogen) atoms. The van der Waals surface area contributed by atoms with Crippen LogP contribution in [0, 0.1) is 5.92 Å². The van der Waals surface area contributed by atoms with Crippen LogP contribution in [0.15, 0.2) is 36.4 Å². The lowest BCUT2D eigenvalue weighted by Crippen LogP contribution is -2.15. The fraction of sp³-hybridized carbons (Fsp3) is 0.400. The molecule has 1 aliphatic rings. The first-order valence-corrected chi connectivity index (χ1v) is 6.62. The SMILES string of the molecule is COC(=O)Nc1ccc(NCC2CC=CCC2)cc1. The zero-order chi connectivity index (χ0) is 13.5. The van der Waals surface area contributed by atoms with Gasteiger partial charge in [-0.1, -0.05) is 12.2 Å². The molecule has 1 amide bonds. The summed E-state index contributed by atoms with van der Waals surface area (Å²) in [6.07, 6.45) is 7.67. The van der Waals surface area contributed by atoms with Crippen LogP contribution in [0.2, 0.25) is 0 Å². The van der Waals surface area contributed by atoms with Crippen LogP contribution in [0.4, 0.5) is 16.2 Å². The zero-order valence-electron chi connectivity index (χ0n) is 11.2. The van der Waals surface area contributed by atoms with E-state index in [0.717, 1.165) is 30.3 Å². The summed E-state index contributed by atoms with van der Waals surface area (Å²) in [6.45, 7) is 0.994. The van der Waals surface area contributed by atoms with Crippen LogP contribution in [-0.4, -0.2) is 19.7 Å². The fourth-order valence-electron chi connectivity index (χ4n) is 2.14. The Morgan fingerprint density at radius 3 is 2.63 bits per heavy atom. The summed E-state index contributed by atoms with van der Waals surface area (Å²) in [4.78, 5) is 11.0. The highest BCUT2D eigenvalue weighted by Gasteiger charge is 2.09. The Bertz CT molecular complexity index is 440. The van der Waals surface area contributed by atoms with E-state index >= 15 is 0 Å². The maximum atomic E-state index is 11.0. The Hall–Kier alpha value is -1.97. The number of allylic oxidation sites excluding steroid dienone is 2. The van der Waals surface area contributed by atoms with Crippen molar-refractivity contribution in [2.45, 2.75) is 19.3 Å². The minimum Gasteiger partial charge on any atom is -0.453 e. The molecule has 1 atom stereocenters. The number of nitrogens with one attached hydrogen (secondary N) is 2. The number of benzene rings is 1. The quantitative estimate of drug-likeness (QED) is 0.813. The lowest BCUT2D eigenvalue weighted by Gasteiger charge is -2.18. The van der Waals surface area contributed by atoms with Crippen molar-refractivity contribution in [2.24, 2.45) is 5.92 Å². The first kappa shape index (κ1) is 13.5. The van der Waals surface area contributed by atoms with Gasteiger partial charge >= 0.3 is 6.09 Å². The van der Waals surface area contributed by atoms with Crippen LogP contribution in [0.1, 0.15) is 19.3 Å². The molecule has 1 aromatic rings. The summed E-state index contributed by atoms with van der Waals surface area (Å²) in [5, 5.41) is 6.06. The number of hydrogen-bond acceptors (Lipinski definition) is 3. The van der Waals surface area contributed by atoms with E-state index in [1.165, 1.54) is 20.0 Å². The van der Waals surface area contributed by atoms with Crippen LogP contribution in [-0.2, 0) is 4.74 Å². The van der Waals surface area contributed by atoms with Crippen LogP contribution in [0.25, 0.3) is 0 Å². The normalized spacial score (nSPS) is 17.8. The van der Waals surface area contributed by atoms with Crippen LogP contribution < -0.4 is 10.6 Å². The van der Waals surface area contributed by atoms with Gasteiger partial charge in [0.25, 0.3) is 0 Å². The molecule has 0 aromatic heterocycles. The Balaban J connectivity index is 1.81. The molecule has 0 saturated heterocycles. The average molecular weight is 260 g/mol. The summed E-state index contributed by atoms with van der Waals surface area (Å²) < 4.78 is 4.54. The van der Waals surface area contributed by atoms with E-state index in [0.29, 0.717) is 0 Å². The molecule has 4 heteroatoms. The van der Waals surface area contributed by atoms with Crippen molar-refractivity contribution in [2.75, 3.05) is 24.3 Å². The second-order valence-corrected chi connectivity index (χ2v) is 4.73. The van der Waals surface area contributed by atoms with Crippen molar-refractivity contribution in [1.29, 1.82) is 0 Å². The molecule has 0 saturated carbocycles. The van der Waals surface area contributed by atoms with Gasteiger partial charge in [0, 0.05) is 17.9 Å². The Kier molecular flexibility index (Phi) is 4.84. The van der Waals surface area contributed by atoms with Gasteiger partial charge in [0.15, 0.2) is 0 Å². The van der Waals surface area contributed by atoms with Gasteiger partial charge in [-0.25, -0.2) is 4.79 Å². The summed E-state index contributed by atoms with van der Waals surface area (Å²) in [7, 11) is 1.35. The molecule has 0 aliphatic heterocycles. The van der Waals surface area contributed by atoms with E-state index in [1.54, 1.807) is 0 Å². The third-order valence-corrected chi connectivity index (χ3v) is 3.29. The Labute approximate surface area is 113 Å². The smallest absolute Gasteiger partial charge is 0.411 e. The van der Waals surface area contributed by atoms with Crippen molar-refractivity contribution >= 4 is 17.5 Å². The largest absolute Gasteiger partial charge is 0.453 e. The lowest BCUT2D eigenvalue weighted by atomic mass is 9.94. The number of hydrogen-bond donors (Lipinski definition) is 2. The molecule has 2 N–H and O–H groups in total. The number of carbonyl (C=O) groups is 1. The van der Waals surface area contributed by atoms with Crippen molar-refractivity contribution in [3.8, 4) is 0 Å². The van der Waals surface area contributed by atoms with E-state index in [9.17, 15) is 4.79 Å². The molecule has 4 nitrogen and oxygen atoms in total. The molecule has 2 rings (SSSR count). The van der Waals surface area contributed by atoms with Gasteiger partial charge in [-0.15, -0.1) is 0 Å². The van der Waals surface area contributed by atoms with Crippen LogP contribution in [0.5, 0.6) is 0 Å². The Morgan fingerprint density at radius 2 is 2.00 bits per heavy atom. The van der Waals surface area contributed by atoms with Gasteiger partial charge in [-0.2, -0.15) is 0 Å². The van der Waals surface area contributed by atoms with Gasteiger partial charge in [-0.3, -0.25) is 5.32 Å². The van der Waals surface area contributed by atoms with Crippen molar-refractivity contribution in [1.82, 2.24) is 0 Å². The summed E-state index contributed by atoms with van der Waals surface area (Å²) in [5.74, 6) is 0.720. The summed E-state index contributed by atoms with van der Waals surface area (Å²) in [6, 6.07) is 7.65. The molecule has 0 radical (unpaired) electrons. The Morgan fingerprint density at radius 1 is 1.26 bits per heavy atom. The molecule has 0 bridgehead atoms. The maximum absolute atomic E-state index is 11.0.